The molecule has 0 amide bonds. The van der Waals surface area contributed by atoms with Crippen molar-refractivity contribution in [3.8, 4) is 0 Å². The lowest BCUT2D eigenvalue weighted by atomic mass is 10.1. The maximum Gasteiger partial charge on any atom is 0.269 e. The fraction of sp³-hybridized carbons (Fsp3) is 0.400. The van der Waals surface area contributed by atoms with Crippen molar-refractivity contribution in [2.24, 2.45) is 0 Å². The van der Waals surface area contributed by atoms with E-state index in [4.69, 9.17) is 10.2 Å². The van der Waals surface area contributed by atoms with Gasteiger partial charge in [0.05, 0.1) is 24.2 Å². The number of non-ortho nitro benzene ring substituents is 1. The third kappa shape index (κ3) is 3.27. The Morgan fingerprint density at radius 3 is 2.38 bits per heavy atom. The molecular formula is C10H14N2O4. The van der Waals surface area contributed by atoms with E-state index in [1.165, 1.54) is 12.1 Å². The van der Waals surface area contributed by atoms with Crippen LogP contribution >= 0.6 is 0 Å². The molecule has 0 aliphatic carbocycles. The van der Waals surface area contributed by atoms with Gasteiger partial charge in [-0.05, 0) is 5.56 Å². The van der Waals surface area contributed by atoms with E-state index in [0.717, 1.165) is 5.56 Å². The molecule has 0 unspecified atom stereocenters. The van der Waals surface area contributed by atoms with E-state index in [9.17, 15) is 10.1 Å². The summed E-state index contributed by atoms with van der Waals surface area (Å²) in [4.78, 5) is 9.96. The molecule has 1 aromatic carbocycles. The monoisotopic (exact) mass is 226 g/mol. The first-order chi connectivity index (χ1) is 7.69. The first-order valence-electron chi connectivity index (χ1n) is 4.88. The molecule has 6 nitrogen and oxygen atoms in total. The second-order valence-electron chi connectivity index (χ2n) is 3.26. The minimum Gasteiger partial charge on any atom is -0.395 e. The molecule has 1 rings (SSSR count). The number of aliphatic hydroxyl groups excluding tert-OH is 2. The van der Waals surface area contributed by atoms with Gasteiger partial charge in [-0.3, -0.25) is 10.1 Å². The number of nitro benzene ring substituents is 1. The van der Waals surface area contributed by atoms with Gasteiger partial charge in [0.2, 0.25) is 0 Å². The number of aliphatic hydroxyl groups is 2. The first kappa shape index (κ1) is 12.6. The van der Waals surface area contributed by atoms with Crippen molar-refractivity contribution in [2.75, 3.05) is 19.8 Å². The number of hydrogen-bond acceptors (Lipinski definition) is 5. The third-order valence-electron chi connectivity index (χ3n) is 2.19. The Balaban J connectivity index is 2.74. The van der Waals surface area contributed by atoms with Gasteiger partial charge in [-0.25, -0.2) is 0 Å². The largest absolute Gasteiger partial charge is 0.395 e. The lowest BCUT2D eigenvalue weighted by molar-refractivity contribution is -0.384. The van der Waals surface area contributed by atoms with Crippen molar-refractivity contribution < 1.29 is 15.1 Å². The predicted octanol–water partition coefficient (Wildman–Crippen LogP) is 0.210. The summed E-state index contributed by atoms with van der Waals surface area (Å²) in [5.41, 5.74) is 0.768. The van der Waals surface area contributed by atoms with Gasteiger partial charge < -0.3 is 15.5 Å². The summed E-state index contributed by atoms with van der Waals surface area (Å²) in [6.45, 7) is 0.212. The summed E-state index contributed by atoms with van der Waals surface area (Å²) in [6, 6.07) is 5.64. The van der Waals surface area contributed by atoms with E-state index in [-0.39, 0.29) is 24.9 Å². The summed E-state index contributed by atoms with van der Waals surface area (Å²) >= 11 is 0. The molecule has 0 saturated heterocycles. The van der Waals surface area contributed by atoms with E-state index < -0.39 is 4.92 Å². The van der Waals surface area contributed by atoms with Crippen LogP contribution in [0, 0.1) is 10.1 Å². The first-order valence-corrected chi connectivity index (χ1v) is 4.88. The average molecular weight is 226 g/mol. The highest BCUT2D eigenvalue weighted by Gasteiger charge is 2.11. The molecule has 16 heavy (non-hydrogen) atoms. The number of nitrogens with one attached hydrogen (secondary N) is 1. The highest BCUT2D eigenvalue weighted by atomic mass is 16.6. The molecule has 0 bridgehead atoms. The van der Waals surface area contributed by atoms with Crippen LogP contribution in [0.15, 0.2) is 24.3 Å². The van der Waals surface area contributed by atoms with Crippen LogP contribution in [0.3, 0.4) is 0 Å². The van der Waals surface area contributed by atoms with Gasteiger partial charge in [0.25, 0.3) is 5.69 Å². The van der Waals surface area contributed by atoms with Crippen LogP contribution < -0.4 is 5.32 Å². The van der Waals surface area contributed by atoms with Gasteiger partial charge in [0, 0.05) is 18.7 Å². The number of rotatable bonds is 6. The van der Waals surface area contributed by atoms with Gasteiger partial charge in [-0.2, -0.15) is 0 Å². The molecule has 0 aromatic heterocycles. The lowest BCUT2D eigenvalue weighted by Gasteiger charge is -2.15. The van der Waals surface area contributed by atoms with Crippen molar-refractivity contribution in [2.45, 2.75) is 6.04 Å². The number of benzene rings is 1. The van der Waals surface area contributed by atoms with Crippen molar-refractivity contribution in [3.63, 3.8) is 0 Å². The molecule has 0 spiro atoms. The molecule has 0 heterocycles. The lowest BCUT2D eigenvalue weighted by Crippen LogP contribution is -2.27. The van der Waals surface area contributed by atoms with Crippen molar-refractivity contribution >= 4 is 5.69 Å². The quantitative estimate of drug-likeness (QED) is 0.476. The molecule has 0 saturated carbocycles. The number of nitrogens with zero attached hydrogens (tertiary/aromatic N) is 1. The minimum atomic E-state index is -0.473. The highest BCUT2D eigenvalue weighted by molar-refractivity contribution is 5.34. The highest BCUT2D eigenvalue weighted by Crippen LogP contribution is 2.17. The Labute approximate surface area is 92.7 Å². The summed E-state index contributed by atoms with van der Waals surface area (Å²) in [5.74, 6) is 0. The van der Waals surface area contributed by atoms with Crippen LogP contribution in [-0.4, -0.2) is 34.9 Å². The molecule has 0 radical (unpaired) electrons. The van der Waals surface area contributed by atoms with Crippen molar-refractivity contribution in [1.29, 1.82) is 0 Å². The SMILES string of the molecule is O=[N+]([O-])c1ccc([C@H](CO)NCCO)cc1. The summed E-state index contributed by atoms with van der Waals surface area (Å²) in [7, 11) is 0. The van der Waals surface area contributed by atoms with Crippen LogP contribution in [0.1, 0.15) is 11.6 Å². The fourth-order valence-electron chi connectivity index (χ4n) is 1.35. The Bertz CT molecular complexity index is 339. The van der Waals surface area contributed by atoms with E-state index in [1.807, 2.05) is 0 Å². The van der Waals surface area contributed by atoms with E-state index in [0.29, 0.717) is 6.54 Å². The Hall–Kier alpha value is -1.50. The maximum atomic E-state index is 10.4. The second kappa shape index (κ2) is 6.16. The van der Waals surface area contributed by atoms with Gasteiger partial charge in [-0.15, -0.1) is 0 Å². The fourth-order valence-corrected chi connectivity index (χ4v) is 1.35. The van der Waals surface area contributed by atoms with Crippen molar-refractivity contribution in [3.05, 3.63) is 39.9 Å². The van der Waals surface area contributed by atoms with Gasteiger partial charge in [-0.1, -0.05) is 12.1 Å². The summed E-state index contributed by atoms with van der Waals surface area (Å²) in [5, 5.41) is 31.1. The van der Waals surface area contributed by atoms with E-state index >= 15 is 0 Å². The summed E-state index contributed by atoms with van der Waals surface area (Å²) in [6.07, 6.45) is 0. The molecule has 0 aliphatic rings. The van der Waals surface area contributed by atoms with Crippen LogP contribution in [0.25, 0.3) is 0 Å². The topological polar surface area (TPSA) is 95.6 Å². The van der Waals surface area contributed by atoms with Gasteiger partial charge >= 0.3 is 0 Å². The predicted molar refractivity (Wildman–Crippen MR) is 58.0 cm³/mol. The van der Waals surface area contributed by atoms with E-state index in [1.54, 1.807) is 12.1 Å². The molecule has 88 valence electrons. The normalized spacial score (nSPS) is 12.4. The average Bonchev–Trinajstić information content (AvgIpc) is 2.30. The molecule has 0 aliphatic heterocycles. The zero-order chi connectivity index (χ0) is 12.0. The molecule has 1 atom stereocenters. The zero-order valence-electron chi connectivity index (χ0n) is 8.67. The molecular weight excluding hydrogens is 212 g/mol. The summed E-state index contributed by atoms with van der Waals surface area (Å²) < 4.78 is 0. The van der Waals surface area contributed by atoms with Crippen LogP contribution in [0.2, 0.25) is 0 Å². The molecule has 0 fully saturated rings. The Morgan fingerprint density at radius 2 is 1.94 bits per heavy atom. The van der Waals surface area contributed by atoms with Gasteiger partial charge in [0.1, 0.15) is 0 Å². The third-order valence-corrected chi connectivity index (χ3v) is 2.19. The van der Waals surface area contributed by atoms with Gasteiger partial charge in [0.15, 0.2) is 0 Å². The van der Waals surface area contributed by atoms with Crippen LogP contribution in [0.4, 0.5) is 5.69 Å². The van der Waals surface area contributed by atoms with Crippen molar-refractivity contribution in [1.82, 2.24) is 5.32 Å². The standard InChI is InChI=1S/C10H14N2O4/c13-6-5-11-10(7-14)8-1-3-9(4-2-8)12(15)16/h1-4,10-11,13-14H,5-7H2/t10-/m0/s1. The number of hydrogen-bond donors (Lipinski definition) is 3. The Kier molecular flexibility index (Phi) is 4.84. The number of nitro groups is 1. The maximum absolute atomic E-state index is 10.4. The van der Waals surface area contributed by atoms with Crippen LogP contribution in [-0.2, 0) is 0 Å². The second-order valence-corrected chi connectivity index (χ2v) is 3.26. The van der Waals surface area contributed by atoms with E-state index in [2.05, 4.69) is 5.32 Å². The minimum absolute atomic E-state index is 0.0163. The van der Waals surface area contributed by atoms with Crippen LogP contribution in [0.5, 0.6) is 0 Å². The zero-order valence-corrected chi connectivity index (χ0v) is 8.67. The smallest absolute Gasteiger partial charge is 0.269 e. The Morgan fingerprint density at radius 1 is 1.31 bits per heavy atom. The molecule has 6 heteroatoms. The molecule has 1 aromatic rings. The molecule has 3 N–H and O–H groups in total.